The summed E-state index contributed by atoms with van der Waals surface area (Å²) in [6.07, 6.45) is 3.34. The van der Waals surface area contributed by atoms with Gasteiger partial charge in [-0.25, -0.2) is 9.97 Å². The molecule has 0 radical (unpaired) electrons. The van der Waals surface area contributed by atoms with E-state index in [1.54, 1.807) is 16.9 Å². The first-order valence-corrected chi connectivity index (χ1v) is 3.99. The highest BCUT2D eigenvalue weighted by atomic mass is 16.1. The van der Waals surface area contributed by atoms with Gasteiger partial charge in [0.25, 0.3) is 0 Å². The van der Waals surface area contributed by atoms with E-state index in [2.05, 4.69) is 9.97 Å². The molecule has 66 valence electrons. The van der Waals surface area contributed by atoms with Crippen molar-refractivity contribution in [1.82, 2.24) is 14.4 Å². The molecule has 0 amide bonds. The lowest BCUT2D eigenvalue weighted by Crippen LogP contribution is -1.89. The number of aromatic nitrogens is 3. The SMILES string of the molecule is CC(=O)c1cn2cnc(C)cc2n1. The van der Waals surface area contributed by atoms with Crippen molar-refractivity contribution >= 4 is 11.4 Å². The van der Waals surface area contributed by atoms with E-state index in [4.69, 9.17) is 0 Å². The van der Waals surface area contributed by atoms with E-state index >= 15 is 0 Å². The van der Waals surface area contributed by atoms with Gasteiger partial charge >= 0.3 is 0 Å². The minimum Gasteiger partial charge on any atom is -0.293 e. The maximum absolute atomic E-state index is 11.0. The van der Waals surface area contributed by atoms with Crippen molar-refractivity contribution in [1.29, 1.82) is 0 Å². The lowest BCUT2D eigenvalue weighted by atomic mass is 10.3. The van der Waals surface area contributed by atoms with Crippen LogP contribution in [-0.4, -0.2) is 20.2 Å². The molecule has 4 nitrogen and oxygen atoms in total. The molecule has 2 rings (SSSR count). The number of carbonyl (C=O) groups excluding carboxylic acids is 1. The number of rotatable bonds is 1. The number of aryl methyl sites for hydroxylation is 1. The number of fused-ring (bicyclic) bond motifs is 1. The standard InChI is InChI=1S/C9H9N3O/c1-6-3-9-11-8(7(2)13)4-12(9)5-10-6/h3-5H,1-2H3. The predicted molar refractivity (Wildman–Crippen MR) is 47.7 cm³/mol. The molecular weight excluding hydrogens is 166 g/mol. The molecule has 0 atom stereocenters. The van der Waals surface area contributed by atoms with E-state index in [-0.39, 0.29) is 5.78 Å². The minimum absolute atomic E-state index is 0.0265. The van der Waals surface area contributed by atoms with Crippen LogP contribution in [0.5, 0.6) is 0 Å². The summed E-state index contributed by atoms with van der Waals surface area (Å²) in [5, 5.41) is 0. The van der Waals surface area contributed by atoms with Crippen LogP contribution in [0, 0.1) is 6.92 Å². The van der Waals surface area contributed by atoms with Crippen molar-refractivity contribution in [3.63, 3.8) is 0 Å². The molecule has 4 heteroatoms. The van der Waals surface area contributed by atoms with E-state index < -0.39 is 0 Å². The third-order valence-corrected chi connectivity index (χ3v) is 1.85. The first-order chi connectivity index (χ1) is 6.16. The molecule has 0 aliphatic heterocycles. The van der Waals surface area contributed by atoms with Gasteiger partial charge in [0.2, 0.25) is 0 Å². The minimum atomic E-state index is -0.0265. The van der Waals surface area contributed by atoms with Gasteiger partial charge in [-0.1, -0.05) is 0 Å². The van der Waals surface area contributed by atoms with Gasteiger partial charge in [0, 0.05) is 24.9 Å². The average molecular weight is 175 g/mol. The van der Waals surface area contributed by atoms with Crippen molar-refractivity contribution in [2.24, 2.45) is 0 Å². The number of ketones is 1. The van der Waals surface area contributed by atoms with Crippen LogP contribution in [0.1, 0.15) is 23.1 Å². The lowest BCUT2D eigenvalue weighted by molar-refractivity contribution is 0.101. The van der Waals surface area contributed by atoms with Gasteiger partial charge in [-0.05, 0) is 6.92 Å². The van der Waals surface area contributed by atoms with Crippen LogP contribution in [0.4, 0.5) is 0 Å². The van der Waals surface area contributed by atoms with Gasteiger partial charge in [-0.15, -0.1) is 0 Å². The van der Waals surface area contributed by atoms with E-state index in [1.165, 1.54) is 6.92 Å². The number of imidazole rings is 1. The first-order valence-electron chi connectivity index (χ1n) is 3.99. The van der Waals surface area contributed by atoms with Crippen LogP contribution in [0.3, 0.4) is 0 Å². The summed E-state index contributed by atoms with van der Waals surface area (Å²) in [5.74, 6) is -0.0265. The maximum Gasteiger partial charge on any atom is 0.179 e. The zero-order valence-corrected chi connectivity index (χ0v) is 7.48. The number of nitrogens with zero attached hydrogens (tertiary/aromatic N) is 3. The lowest BCUT2D eigenvalue weighted by Gasteiger charge is -1.91. The molecule has 2 aromatic rings. The normalized spacial score (nSPS) is 10.6. The molecule has 2 aromatic heterocycles. The van der Waals surface area contributed by atoms with Crippen LogP contribution in [0.15, 0.2) is 18.6 Å². The highest BCUT2D eigenvalue weighted by Crippen LogP contribution is 2.05. The molecular formula is C9H9N3O. The van der Waals surface area contributed by atoms with Crippen molar-refractivity contribution in [2.45, 2.75) is 13.8 Å². The van der Waals surface area contributed by atoms with E-state index in [0.717, 1.165) is 11.3 Å². The van der Waals surface area contributed by atoms with Crippen LogP contribution in [-0.2, 0) is 0 Å². The summed E-state index contributed by atoms with van der Waals surface area (Å²) in [5.41, 5.74) is 2.14. The Balaban J connectivity index is 2.68. The topological polar surface area (TPSA) is 47.3 Å². The first kappa shape index (κ1) is 7.91. The van der Waals surface area contributed by atoms with Crippen LogP contribution in [0.2, 0.25) is 0 Å². The Kier molecular flexibility index (Phi) is 1.62. The predicted octanol–water partition coefficient (Wildman–Crippen LogP) is 1.24. The van der Waals surface area contributed by atoms with Gasteiger partial charge in [0.05, 0.1) is 0 Å². The van der Waals surface area contributed by atoms with Crippen molar-refractivity contribution in [2.75, 3.05) is 0 Å². The Bertz CT molecular complexity index is 473. The Morgan fingerprint density at radius 1 is 1.54 bits per heavy atom. The number of hydrogen-bond acceptors (Lipinski definition) is 3. The van der Waals surface area contributed by atoms with E-state index in [9.17, 15) is 4.79 Å². The smallest absolute Gasteiger partial charge is 0.179 e. The number of carbonyl (C=O) groups is 1. The largest absolute Gasteiger partial charge is 0.293 e. The molecule has 0 aliphatic carbocycles. The summed E-state index contributed by atoms with van der Waals surface area (Å²) in [6.45, 7) is 3.39. The summed E-state index contributed by atoms with van der Waals surface area (Å²) in [6, 6.07) is 1.84. The summed E-state index contributed by atoms with van der Waals surface area (Å²) in [7, 11) is 0. The summed E-state index contributed by atoms with van der Waals surface area (Å²) < 4.78 is 1.74. The van der Waals surface area contributed by atoms with Crippen LogP contribution < -0.4 is 0 Å². The van der Waals surface area contributed by atoms with Crippen molar-refractivity contribution < 1.29 is 4.79 Å². The molecule has 0 N–H and O–H groups in total. The molecule has 13 heavy (non-hydrogen) atoms. The average Bonchev–Trinajstić information content (AvgIpc) is 2.46. The third-order valence-electron chi connectivity index (χ3n) is 1.85. The highest BCUT2D eigenvalue weighted by Gasteiger charge is 2.05. The second kappa shape index (κ2) is 2.65. The fraction of sp³-hybridized carbons (Fsp3) is 0.222. The molecule has 0 aliphatic rings. The maximum atomic E-state index is 11.0. The van der Waals surface area contributed by atoms with Crippen molar-refractivity contribution in [3.8, 4) is 0 Å². The van der Waals surface area contributed by atoms with Gasteiger partial charge in [-0.2, -0.15) is 0 Å². The van der Waals surface area contributed by atoms with E-state index in [1.807, 2.05) is 13.0 Å². The quantitative estimate of drug-likeness (QED) is 0.612. The second-order valence-corrected chi connectivity index (χ2v) is 2.98. The second-order valence-electron chi connectivity index (χ2n) is 2.98. The Hall–Kier alpha value is -1.71. The fourth-order valence-corrected chi connectivity index (χ4v) is 1.15. The molecule has 0 spiro atoms. The number of Topliss-reactive ketones (excluding diaryl/α,β-unsaturated/α-hetero) is 1. The van der Waals surface area contributed by atoms with Gasteiger partial charge < -0.3 is 0 Å². The molecule has 0 saturated heterocycles. The Labute approximate surface area is 75.2 Å². The van der Waals surface area contributed by atoms with Gasteiger partial charge in [-0.3, -0.25) is 9.20 Å². The van der Waals surface area contributed by atoms with Crippen molar-refractivity contribution in [3.05, 3.63) is 30.0 Å². The Morgan fingerprint density at radius 2 is 2.31 bits per heavy atom. The molecule has 0 unspecified atom stereocenters. The molecule has 0 bridgehead atoms. The zero-order chi connectivity index (χ0) is 9.42. The molecule has 2 heterocycles. The highest BCUT2D eigenvalue weighted by molar-refractivity contribution is 5.92. The zero-order valence-electron chi connectivity index (χ0n) is 7.48. The van der Waals surface area contributed by atoms with E-state index in [0.29, 0.717) is 5.69 Å². The third kappa shape index (κ3) is 1.30. The molecule has 0 fully saturated rings. The Morgan fingerprint density at radius 3 is 3.00 bits per heavy atom. The monoisotopic (exact) mass is 175 g/mol. The molecule has 0 saturated carbocycles. The summed E-state index contributed by atoms with van der Waals surface area (Å²) >= 11 is 0. The van der Waals surface area contributed by atoms with Gasteiger partial charge in [0.15, 0.2) is 5.78 Å². The summed E-state index contributed by atoms with van der Waals surface area (Å²) in [4.78, 5) is 19.2. The fourth-order valence-electron chi connectivity index (χ4n) is 1.15. The van der Waals surface area contributed by atoms with Crippen LogP contribution in [0.25, 0.3) is 5.65 Å². The number of hydrogen-bond donors (Lipinski definition) is 0. The molecule has 0 aromatic carbocycles. The van der Waals surface area contributed by atoms with Crippen LogP contribution >= 0.6 is 0 Å². The van der Waals surface area contributed by atoms with Gasteiger partial charge in [0.1, 0.15) is 17.7 Å².